The third-order valence-electron chi connectivity index (χ3n) is 9.01. The lowest BCUT2D eigenvalue weighted by Crippen LogP contribution is -2.52. The molecule has 2 aliphatic rings. The number of amides is 3. The summed E-state index contributed by atoms with van der Waals surface area (Å²) < 4.78 is 0. The number of carbonyl (C=O) groups excluding carboxylic acids is 2. The summed E-state index contributed by atoms with van der Waals surface area (Å²) in [5.41, 5.74) is 0. The van der Waals surface area contributed by atoms with E-state index < -0.39 is 0 Å². The molecular weight excluding hydrogens is 480 g/mol. The monoisotopic (exact) mass is 544 g/mol. The molecule has 0 bridgehead atoms. The van der Waals surface area contributed by atoms with Gasteiger partial charge < -0.3 is 5.32 Å². The average molecular weight is 545 g/mol. The van der Waals surface area contributed by atoms with Crippen LogP contribution in [-0.4, -0.2) is 28.9 Å². The van der Waals surface area contributed by atoms with Crippen LogP contribution in [0.15, 0.2) is 12.2 Å². The van der Waals surface area contributed by atoms with E-state index in [4.69, 9.17) is 0 Å². The van der Waals surface area contributed by atoms with Crippen LogP contribution in [0, 0.1) is 0 Å². The molecule has 0 aromatic heterocycles. The first kappa shape index (κ1) is 33.9. The Balaban J connectivity index is 1.47. The normalized spacial score (nSPS) is 17.1. The predicted octanol–water partition coefficient (Wildman–Crippen LogP) is 10.8. The molecule has 0 unspecified atom stereocenters. The fourth-order valence-electron chi connectivity index (χ4n) is 6.49. The Hall–Kier alpha value is -1.32. The van der Waals surface area contributed by atoms with E-state index in [1.165, 1.54) is 122 Å². The zero-order valence-corrected chi connectivity index (χ0v) is 25.9. The van der Waals surface area contributed by atoms with Crippen LogP contribution in [0.5, 0.6) is 0 Å². The predicted molar refractivity (Wildman–Crippen MR) is 167 cm³/mol. The highest BCUT2D eigenvalue weighted by atomic mass is 16.2. The fourth-order valence-corrected chi connectivity index (χ4v) is 6.49. The molecule has 2 fully saturated rings. The maximum Gasteiger partial charge on any atom is 0.324 e. The van der Waals surface area contributed by atoms with Gasteiger partial charge in [0.05, 0.1) is 0 Å². The minimum atomic E-state index is -0.105. The van der Waals surface area contributed by atoms with E-state index in [1.807, 2.05) is 0 Å². The molecule has 0 aliphatic heterocycles. The molecule has 0 atom stereocenters. The third kappa shape index (κ3) is 16.5. The Morgan fingerprint density at radius 3 is 1.62 bits per heavy atom. The largest absolute Gasteiger partial charge is 0.335 e. The van der Waals surface area contributed by atoms with Crippen LogP contribution < -0.4 is 5.32 Å². The summed E-state index contributed by atoms with van der Waals surface area (Å²) in [5, 5.41) is 3.22. The summed E-state index contributed by atoms with van der Waals surface area (Å²) in [5.74, 6) is 0.0660. The van der Waals surface area contributed by atoms with Crippen molar-refractivity contribution in [1.82, 2.24) is 10.2 Å². The van der Waals surface area contributed by atoms with Crippen molar-refractivity contribution in [3.8, 4) is 0 Å². The Labute approximate surface area is 242 Å². The molecule has 0 heterocycles. The van der Waals surface area contributed by atoms with Gasteiger partial charge in [-0.25, -0.2) is 4.79 Å². The van der Waals surface area contributed by atoms with Gasteiger partial charge in [0.1, 0.15) is 0 Å². The van der Waals surface area contributed by atoms with Gasteiger partial charge in [0.15, 0.2) is 0 Å². The lowest BCUT2D eigenvalue weighted by molar-refractivity contribution is -0.130. The number of imide groups is 1. The van der Waals surface area contributed by atoms with Gasteiger partial charge in [0.2, 0.25) is 5.91 Å². The molecular formula is C35H64N2O2. The molecule has 2 saturated carbocycles. The van der Waals surface area contributed by atoms with Crippen molar-refractivity contribution in [2.75, 3.05) is 0 Å². The maximum atomic E-state index is 13.2. The molecule has 0 aromatic rings. The first-order chi connectivity index (χ1) is 19.2. The van der Waals surface area contributed by atoms with Gasteiger partial charge in [-0.2, -0.15) is 0 Å². The Bertz CT molecular complexity index is 635. The highest BCUT2D eigenvalue weighted by molar-refractivity contribution is 5.95. The molecule has 4 nitrogen and oxygen atoms in total. The van der Waals surface area contributed by atoms with Crippen molar-refractivity contribution in [3.63, 3.8) is 0 Å². The molecule has 0 saturated heterocycles. The van der Waals surface area contributed by atoms with E-state index in [2.05, 4.69) is 24.4 Å². The van der Waals surface area contributed by atoms with Gasteiger partial charge in [-0.1, -0.05) is 135 Å². The molecule has 2 rings (SSSR count). The smallest absolute Gasteiger partial charge is 0.324 e. The number of nitrogens with one attached hydrogen (secondary N) is 1. The van der Waals surface area contributed by atoms with E-state index in [9.17, 15) is 9.59 Å². The minimum Gasteiger partial charge on any atom is -0.335 e. The van der Waals surface area contributed by atoms with Crippen molar-refractivity contribution in [3.05, 3.63) is 12.2 Å². The molecule has 0 radical (unpaired) electrons. The SMILES string of the molecule is CCCCCCCC/C=C\CCCCCCCCCCCC(=O)N(C(=O)NC1CCCCC1)C1CCCCC1. The second kappa shape index (κ2) is 23.4. The van der Waals surface area contributed by atoms with Gasteiger partial charge in [-0.3, -0.25) is 9.69 Å². The topological polar surface area (TPSA) is 49.4 Å². The van der Waals surface area contributed by atoms with Crippen molar-refractivity contribution in [2.45, 2.75) is 199 Å². The highest BCUT2D eigenvalue weighted by Crippen LogP contribution is 2.25. The molecule has 226 valence electrons. The van der Waals surface area contributed by atoms with Crippen molar-refractivity contribution in [1.29, 1.82) is 0 Å². The number of allylic oxidation sites excluding steroid dienone is 2. The van der Waals surface area contributed by atoms with Gasteiger partial charge in [-0.15, -0.1) is 0 Å². The summed E-state index contributed by atoms with van der Waals surface area (Å²) in [7, 11) is 0. The summed E-state index contributed by atoms with van der Waals surface area (Å²) >= 11 is 0. The van der Waals surface area contributed by atoms with Crippen LogP contribution in [0.3, 0.4) is 0 Å². The highest BCUT2D eigenvalue weighted by Gasteiger charge is 2.31. The number of hydrogen-bond donors (Lipinski definition) is 1. The summed E-state index contributed by atoms with van der Waals surface area (Å²) in [6.45, 7) is 2.28. The van der Waals surface area contributed by atoms with Gasteiger partial charge in [0, 0.05) is 18.5 Å². The molecule has 0 aromatic carbocycles. The van der Waals surface area contributed by atoms with E-state index in [0.29, 0.717) is 6.42 Å². The number of unbranched alkanes of at least 4 members (excludes halogenated alkanes) is 15. The van der Waals surface area contributed by atoms with Crippen LogP contribution in [0.1, 0.15) is 187 Å². The molecule has 2 aliphatic carbocycles. The molecule has 1 N–H and O–H groups in total. The molecule has 4 heteroatoms. The quantitative estimate of drug-likeness (QED) is 0.115. The fraction of sp³-hybridized carbons (Fsp3) is 0.886. The van der Waals surface area contributed by atoms with Crippen LogP contribution in [0.4, 0.5) is 4.79 Å². The maximum absolute atomic E-state index is 13.2. The second-order valence-electron chi connectivity index (χ2n) is 12.6. The van der Waals surface area contributed by atoms with Crippen molar-refractivity contribution >= 4 is 11.9 Å². The van der Waals surface area contributed by atoms with Crippen LogP contribution in [0.25, 0.3) is 0 Å². The Morgan fingerprint density at radius 1 is 0.615 bits per heavy atom. The zero-order chi connectivity index (χ0) is 27.8. The zero-order valence-electron chi connectivity index (χ0n) is 25.9. The van der Waals surface area contributed by atoms with Crippen molar-refractivity contribution < 1.29 is 9.59 Å². The average Bonchev–Trinajstić information content (AvgIpc) is 2.95. The van der Waals surface area contributed by atoms with Gasteiger partial charge in [-0.05, 0) is 57.8 Å². The first-order valence-corrected chi connectivity index (χ1v) is 17.5. The van der Waals surface area contributed by atoms with E-state index in [0.717, 1.165) is 51.4 Å². The number of carbonyl (C=O) groups is 2. The Morgan fingerprint density at radius 2 is 1.08 bits per heavy atom. The number of hydrogen-bond acceptors (Lipinski definition) is 2. The second-order valence-corrected chi connectivity index (χ2v) is 12.6. The minimum absolute atomic E-state index is 0.0660. The van der Waals surface area contributed by atoms with Crippen LogP contribution >= 0.6 is 0 Å². The number of rotatable bonds is 21. The summed E-state index contributed by atoms with van der Waals surface area (Å²) in [6, 6.07) is 0.272. The standard InChI is InChI=1S/C35H64N2O2/c1-2-3-4-5-6-7-8-9-10-11-12-13-14-15-16-17-18-19-26-31-34(38)37(33-29-24-21-25-30-33)35(39)36-32-27-22-20-23-28-32/h9-10,32-33H,2-8,11-31H2,1H3,(H,36,39)/b10-9-. The lowest BCUT2D eigenvalue weighted by atomic mass is 9.93. The van der Waals surface area contributed by atoms with E-state index >= 15 is 0 Å². The van der Waals surface area contributed by atoms with E-state index in [1.54, 1.807) is 4.90 Å². The van der Waals surface area contributed by atoms with Crippen LogP contribution in [0.2, 0.25) is 0 Å². The molecule has 39 heavy (non-hydrogen) atoms. The lowest BCUT2D eigenvalue weighted by Gasteiger charge is -2.34. The van der Waals surface area contributed by atoms with E-state index in [-0.39, 0.29) is 24.0 Å². The number of nitrogens with zero attached hydrogens (tertiary/aromatic N) is 1. The molecule has 3 amide bonds. The van der Waals surface area contributed by atoms with Crippen molar-refractivity contribution in [2.24, 2.45) is 0 Å². The first-order valence-electron chi connectivity index (χ1n) is 17.5. The summed E-state index contributed by atoms with van der Waals surface area (Å²) in [4.78, 5) is 28.0. The van der Waals surface area contributed by atoms with Gasteiger partial charge in [0.25, 0.3) is 0 Å². The van der Waals surface area contributed by atoms with Crippen LogP contribution in [-0.2, 0) is 4.79 Å². The Kier molecular flexibility index (Phi) is 20.3. The number of urea groups is 1. The third-order valence-corrected chi connectivity index (χ3v) is 9.01. The summed E-state index contributed by atoms with van der Waals surface area (Å²) in [6.07, 6.45) is 38.7. The molecule has 0 spiro atoms. The van der Waals surface area contributed by atoms with Gasteiger partial charge >= 0.3 is 6.03 Å².